The number of hydrogen-bond acceptors (Lipinski definition) is 7. The lowest BCUT2D eigenvalue weighted by atomic mass is 9.97. The van der Waals surface area contributed by atoms with Gasteiger partial charge in [-0.05, 0) is 49.2 Å². The Hall–Kier alpha value is -4.26. The first-order valence-electron chi connectivity index (χ1n) is 12.1. The van der Waals surface area contributed by atoms with Gasteiger partial charge in [-0.2, -0.15) is 18.3 Å². The second kappa shape index (κ2) is 9.56. The third-order valence-corrected chi connectivity index (χ3v) is 6.60. The number of alkyl halides is 3. The number of aromatic nitrogens is 5. The number of nitrogens with one attached hydrogen (secondary N) is 2. The Kier molecular flexibility index (Phi) is 6.06. The molecule has 0 aliphatic carbocycles. The zero-order chi connectivity index (χ0) is 26.3. The maximum Gasteiger partial charge on any atom is 0.408 e. The highest BCUT2D eigenvalue weighted by Crippen LogP contribution is 2.35. The number of urea groups is 1. The van der Waals surface area contributed by atoms with Crippen molar-refractivity contribution in [3.63, 3.8) is 0 Å². The monoisotopic (exact) mass is 524 g/mol. The van der Waals surface area contributed by atoms with E-state index in [-0.39, 0.29) is 23.6 Å². The molecule has 7 rings (SSSR count). The molecule has 3 aliphatic heterocycles. The van der Waals surface area contributed by atoms with E-state index in [2.05, 4.69) is 30.6 Å². The molecule has 6 heterocycles. The number of pyridine rings is 1. The number of rotatable bonds is 5. The molecule has 3 fully saturated rings. The van der Waals surface area contributed by atoms with E-state index in [1.165, 1.54) is 6.20 Å². The maximum absolute atomic E-state index is 13.3. The van der Waals surface area contributed by atoms with E-state index >= 15 is 0 Å². The largest absolute Gasteiger partial charge is 0.408 e. The average molecular weight is 525 g/mol. The number of amides is 2. The Morgan fingerprint density at radius 3 is 2.39 bits per heavy atom. The first-order chi connectivity index (χ1) is 18.3. The molecule has 2 bridgehead atoms. The lowest BCUT2D eigenvalue weighted by molar-refractivity contribution is -0.141. The van der Waals surface area contributed by atoms with Crippen LogP contribution in [0.1, 0.15) is 12.8 Å². The number of halogens is 3. The van der Waals surface area contributed by atoms with Gasteiger partial charge in [0.2, 0.25) is 0 Å². The van der Waals surface area contributed by atoms with Crippen LogP contribution in [-0.2, 0) is 11.3 Å². The molecule has 0 spiro atoms. The van der Waals surface area contributed by atoms with Gasteiger partial charge in [0.05, 0.1) is 30.3 Å². The van der Waals surface area contributed by atoms with E-state index in [0.29, 0.717) is 41.3 Å². The Labute approximate surface area is 214 Å². The van der Waals surface area contributed by atoms with Crippen molar-refractivity contribution in [2.75, 3.05) is 28.7 Å². The van der Waals surface area contributed by atoms with E-state index in [0.717, 1.165) is 17.5 Å². The summed E-state index contributed by atoms with van der Waals surface area (Å²) in [4.78, 5) is 27.6. The minimum atomic E-state index is -4.45. The minimum absolute atomic E-state index is 0.0577. The summed E-state index contributed by atoms with van der Waals surface area (Å²) in [5.74, 6) is 0.821. The molecular weight excluding hydrogens is 501 g/mol. The van der Waals surface area contributed by atoms with Crippen LogP contribution in [0.3, 0.4) is 0 Å². The summed E-state index contributed by atoms with van der Waals surface area (Å²) in [6, 6.07) is 9.77. The molecule has 2 atom stereocenters. The van der Waals surface area contributed by atoms with Crippen LogP contribution < -0.4 is 15.5 Å². The molecule has 2 N–H and O–H groups in total. The lowest BCUT2D eigenvalue weighted by Crippen LogP contribution is -2.55. The second-order valence-corrected chi connectivity index (χ2v) is 9.26. The number of nitrogens with zero attached hydrogens (tertiary/aromatic N) is 6. The Morgan fingerprint density at radius 1 is 1.03 bits per heavy atom. The summed E-state index contributed by atoms with van der Waals surface area (Å²) >= 11 is 0. The van der Waals surface area contributed by atoms with Crippen LogP contribution in [0.5, 0.6) is 0 Å². The van der Waals surface area contributed by atoms with Crippen molar-refractivity contribution >= 4 is 34.3 Å². The van der Waals surface area contributed by atoms with Crippen LogP contribution >= 0.6 is 0 Å². The standard InChI is InChI=1S/C25H23F3N8O2/c26-25(27,28)14-36-23-20(11-30-36)22(35-12-19-6-5-18(35)13-38-19)33-21(34-23)15-1-3-16(4-2-15)31-24(37)32-17-7-9-29-10-8-17/h1-4,7-11,18-19H,5-6,12-14H2,(H2,29,31,32,37). The molecule has 196 valence electrons. The number of morpholine rings is 1. The maximum atomic E-state index is 13.3. The van der Waals surface area contributed by atoms with Gasteiger partial charge < -0.3 is 20.3 Å². The number of anilines is 3. The fourth-order valence-electron chi connectivity index (χ4n) is 4.82. The molecule has 13 heteroatoms. The smallest absolute Gasteiger partial charge is 0.374 e. The molecule has 0 radical (unpaired) electrons. The molecule has 2 unspecified atom stereocenters. The molecule has 1 aromatic carbocycles. The third-order valence-electron chi connectivity index (χ3n) is 6.60. The first kappa shape index (κ1) is 24.1. The zero-order valence-electron chi connectivity index (χ0n) is 20.0. The zero-order valence-corrected chi connectivity index (χ0v) is 20.0. The van der Waals surface area contributed by atoms with Crippen LogP contribution in [0.25, 0.3) is 22.4 Å². The summed E-state index contributed by atoms with van der Waals surface area (Å²) in [5.41, 5.74) is 1.82. The predicted octanol–water partition coefficient (Wildman–Crippen LogP) is 4.46. The van der Waals surface area contributed by atoms with Crippen LogP contribution in [0.4, 0.5) is 35.2 Å². The number of hydrogen-bond donors (Lipinski definition) is 2. The quantitative estimate of drug-likeness (QED) is 0.397. The van der Waals surface area contributed by atoms with Crippen molar-refractivity contribution in [1.29, 1.82) is 0 Å². The van der Waals surface area contributed by atoms with Gasteiger partial charge in [0, 0.05) is 35.9 Å². The highest BCUT2D eigenvalue weighted by atomic mass is 19.4. The first-order valence-corrected chi connectivity index (χ1v) is 12.1. The number of carbonyl (C=O) groups is 1. The van der Waals surface area contributed by atoms with Crippen molar-refractivity contribution in [2.24, 2.45) is 0 Å². The van der Waals surface area contributed by atoms with Gasteiger partial charge in [0.15, 0.2) is 11.5 Å². The molecule has 3 aliphatic rings. The fourth-order valence-corrected chi connectivity index (χ4v) is 4.82. The molecule has 3 aromatic heterocycles. The number of benzene rings is 1. The van der Waals surface area contributed by atoms with Gasteiger partial charge in [-0.3, -0.25) is 4.98 Å². The highest BCUT2D eigenvalue weighted by molar-refractivity contribution is 5.99. The molecule has 38 heavy (non-hydrogen) atoms. The van der Waals surface area contributed by atoms with Gasteiger partial charge in [0.1, 0.15) is 12.4 Å². The SMILES string of the molecule is O=C(Nc1ccncc1)Nc1ccc(-c2nc(N3CC4CCC3CO4)c3cnn(CC(F)(F)F)c3n2)cc1. The lowest BCUT2D eigenvalue weighted by Gasteiger charge is -2.45. The minimum Gasteiger partial charge on any atom is -0.374 e. The summed E-state index contributed by atoms with van der Waals surface area (Å²) in [7, 11) is 0. The Bertz CT molecular complexity index is 1450. The van der Waals surface area contributed by atoms with Crippen molar-refractivity contribution in [2.45, 2.75) is 37.7 Å². The average Bonchev–Trinajstić information content (AvgIpc) is 3.31. The van der Waals surface area contributed by atoms with Crippen LogP contribution in [-0.4, -0.2) is 62.2 Å². The van der Waals surface area contributed by atoms with Crippen LogP contribution in [0.2, 0.25) is 0 Å². The number of carbonyl (C=O) groups excluding carboxylic acids is 1. The number of ether oxygens (including phenoxy) is 1. The van der Waals surface area contributed by atoms with Crippen molar-refractivity contribution in [3.05, 3.63) is 55.0 Å². The second-order valence-electron chi connectivity index (χ2n) is 9.26. The van der Waals surface area contributed by atoms with Gasteiger partial charge in [-0.15, -0.1) is 0 Å². The summed E-state index contributed by atoms with van der Waals surface area (Å²) in [6.07, 6.45) is 2.01. The van der Waals surface area contributed by atoms with Gasteiger partial charge >= 0.3 is 12.2 Å². The number of piperidine rings is 1. The summed E-state index contributed by atoms with van der Waals surface area (Å²) < 4.78 is 46.5. The van der Waals surface area contributed by atoms with E-state index < -0.39 is 18.8 Å². The normalized spacial score (nSPS) is 19.1. The molecule has 4 aromatic rings. The van der Waals surface area contributed by atoms with E-state index in [4.69, 9.17) is 9.72 Å². The number of fused-ring (bicyclic) bond motifs is 4. The topological polar surface area (TPSA) is 110 Å². The molecule has 0 saturated carbocycles. The molecule has 2 amide bonds. The fraction of sp³-hybridized carbons (Fsp3) is 0.320. The van der Waals surface area contributed by atoms with Crippen molar-refractivity contribution in [1.82, 2.24) is 24.7 Å². The highest BCUT2D eigenvalue weighted by Gasteiger charge is 2.37. The molecular formula is C25H23F3N8O2. The van der Waals surface area contributed by atoms with Crippen molar-refractivity contribution in [3.8, 4) is 11.4 Å². The van der Waals surface area contributed by atoms with E-state index in [9.17, 15) is 18.0 Å². The predicted molar refractivity (Wildman–Crippen MR) is 134 cm³/mol. The third kappa shape index (κ3) is 4.96. The Morgan fingerprint density at radius 2 is 1.76 bits per heavy atom. The Balaban J connectivity index is 1.31. The molecule has 10 nitrogen and oxygen atoms in total. The summed E-state index contributed by atoms with van der Waals surface area (Å²) in [5, 5.41) is 9.90. The van der Waals surface area contributed by atoms with Gasteiger partial charge in [-0.1, -0.05) is 0 Å². The van der Waals surface area contributed by atoms with E-state index in [1.807, 2.05) is 0 Å². The van der Waals surface area contributed by atoms with Crippen molar-refractivity contribution < 1.29 is 22.7 Å². The van der Waals surface area contributed by atoms with Gasteiger partial charge in [-0.25, -0.2) is 19.4 Å². The van der Waals surface area contributed by atoms with Gasteiger partial charge in [0.25, 0.3) is 0 Å². The summed E-state index contributed by atoms with van der Waals surface area (Å²) in [6.45, 7) is -0.1000. The van der Waals surface area contributed by atoms with E-state index in [1.54, 1.807) is 48.8 Å². The molecule has 3 saturated heterocycles. The van der Waals surface area contributed by atoms with Crippen LogP contribution in [0.15, 0.2) is 55.0 Å². The van der Waals surface area contributed by atoms with Crippen LogP contribution in [0, 0.1) is 0 Å².